The van der Waals surface area contributed by atoms with Gasteiger partial charge < -0.3 is 4.74 Å². The van der Waals surface area contributed by atoms with Crippen molar-refractivity contribution in [3.63, 3.8) is 0 Å². The van der Waals surface area contributed by atoms with E-state index in [4.69, 9.17) is 16.3 Å². The number of hydrogen-bond acceptors (Lipinski definition) is 5. The number of halogens is 1. The molecule has 1 aromatic heterocycles. The van der Waals surface area contributed by atoms with Gasteiger partial charge in [0, 0.05) is 4.88 Å². The van der Waals surface area contributed by atoms with Gasteiger partial charge in [-0.3, -0.25) is 9.69 Å². The zero-order valence-electron chi connectivity index (χ0n) is 12.4. The number of anilines is 1. The largest absolute Gasteiger partial charge is 0.495 e. The number of hydrogen-bond donors (Lipinski definition) is 0. The van der Waals surface area contributed by atoms with Gasteiger partial charge in [-0.1, -0.05) is 29.4 Å². The highest BCUT2D eigenvalue weighted by Crippen LogP contribution is 2.34. The van der Waals surface area contributed by atoms with E-state index < -0.39 is 0 Å². The minimum absolute atomic E-state index is 0.163. The molecule has 7 heteroatoms. The van der Waals surface area contributed by atoms with E-state index >= 15 is 0 Å². The van der Waals surface area contributed by atoms with Gasteiger partial charge in [0.05, 0.1) is 17.8 Å². The molecule has 0 unspecified atom stereocenters. The van der Waals surface area contributed by atoms with Crippen LogP contribution >= 0.6 is 34.7 Å². The summed E-state index contributed by atoms with van der Waals surface area (Å²) in [5.41, 5.74) is 1.09. The number of thioether (sulfide) groups is 1. The number of carbonyl (C=O) groups excluding carboxylic acids is 1. The second-order valence-corrected chi connectivity index (χ2v) is 6.76. The summed E-state index contributed by atoms with van der Waals surface area (Å²) in [4.78, 5) is 19.7. The fraction of sp³-hybridized carbons (Fsp3) is 0.125. The summed E-state index contributed by atoms with van der Waals surface area (Å²) in [6.07, 6.45) is 3.69. The Morgan fingerprint density at radius 1 is 1.39 bits per heavy atom. The lowest BCUT2D eigenvalue weighted by Gasteiger charge is -2.17. The molecule has 118 valence electrons. The highest BCUT2D eigenvalue weighted by Gasteiger charge is 2.31. The minimum atomic E-state index is -0.163. The van der Waals surface area contributed by atoms with Crippen LogP contribution in [0.1, 0.15) is 4.88 Å². The Kier molecular flexibility index (Phi) is 4.75. The standard InChI is InChI=1S/C16H13ClN2O2S2/c1-21-14-6-5-10(8-12(14)17)19-15(20)13(18-16(19)22-2)9-11-4-3-7-23-11/h3-9H,1-2H3/b13-9-. The molecule has 0 aliphatic carbocycles. The molecule has 0 bridgehead atoms. The number of benzene rings is 1. The summed E-state index contributed by atoms with van der Waals surface area (Å²) in [7, 11) is 1.55. The number of amides is 1. The van der Waals surface area contributed by atoms with Gasteiger partial charge >= 0.3 is 0 Å². The van der Waals surface area contributed by atoms with E-state index in [1.807, 2.05) is 23.8 Å². The Bertz CT molecular complexity index is 800. The number of rotatable bonds is 3. The number of aliphatic imine (C=N–C) groups is 1. The van der Waals surface area contributed by atoms with Gasteiger partial charge in [0.1, 0.15) is 11.4 Å². The molecule has 4 nitrogen and oxygen atoms in total. The zero-order chi connectivity index (χ0) is 16.4. The molecule has 2 aromatic rings. The molecule has 2 heterocycles. The van der Waals surface area contributed by atoms with E-state index in [9.17, 15) is 4.79 Å². The molecule has 0 saturated carbocycles. The molecule has 0 saturated heterocycles. The van der Waals surface area contributed by atoms with E-state index in [0.29, 0.717) is 27.3 Å². The van der Waals surface area contributed by atoms with Crippen LogP contribution < -0.4 is 9.64 Å². The predicted octanol–water partition coefficient (Wildman–Crippen LogP) is 4.52. The fourth-order valence-corrected chi connectivity index (χ4v) is 3.63. The van der Waals surface area contributed by atoms with Crippen molar-refractivity contribution < 1.29 is 9.53 Å². The van der Waals surface area contributed by atoms with E-state index in [1.165, 1.54) is 11.8 Å². The van der Waals surface area contributed by atoms with Crippen LogP contribution in [0.3, 0.4) is 0 Å². The van der Waals surface area contributed by atoms with Gasteiger partial charge in [0.2, 0.25) is 0 Å². The van der Waals surface area contributed by atoms with Crippen molar-refractivity contribution in [3.8, 4) is 5.75 Å². The van der Waals surface area contributed by atoms with Crippen molar-refractivity contribution >= 4 is 57.5 Å². The van der Waals surface area contributed by atoms with Gasteiger partial charge in [0.25, 0.3) is 5.91 Å². The van der Waals surface area contributed by atoms with Crippen LogP contribution in [-0.4, -0.2) is 24.4 Å². The molecule has 23 heavy (non-hydrogen) atoms. The monoisotopic (exact) mass is 364 g/mol. The Hall–Kier alpha value is -1.76. The van der Waals surface area contributed by atoms with Crippen LogP contribution in [0.15, 0.2) is 46.4 Å². The summed E-state index contributed by atoms with van der Waals surface area (Å²) in [6.45, 7) is 0. The van der Waals surface area contributed by atoms with Crippen LogP contribution in [0, 0.1) is 0 Å². The number of nitrogens with zero attached hydrogens (tertiary/aromatic N) is 2. The van der Waals surface area contributed by atoms with Gasteiger partial charge in [0.15, 0.2) is 5.17 Å². The smallest absolute Gasteiger partial charge is 0.283 e. The fourth-order valence-electron chi connectivity index (χ4n) is 2.16. The molecule has 3 rings (SSSR count). The summed E-state index contributed by atoms with van der Waals surface area (Å²) in [5, 5.41) is 3.04. The van der Waals surface area contributed by atoms with Crippen molar-refractivity contribution in [2.45, 2.75) is 0 Å². The maximum absolute atomic E-state index is 12.7. The minimum Gasteiger partial charge on any atom is -0.495 e. The van der Waals surface area contributed by atoms with Gasteiger partial charge in [-0.25, -0.2) is 4.99 Å². The Labute approximate surface area is 147 Å². The summed E-state index contributed by atoms with van der Waals surface area (Å²) < 4.78 is 5.15. The van der Waals surface area contributed by atoms with E-state index in [1.54, 1.807) is 47.6 Å². The van der Waals surface area contributed by atoms with E-state index in [-0.39, 0.29) is 5.91 Å². The van der Waals surface area contributed by atoms with Crippen molar-refractivity contribution in [2.75, 3.05) is 18.3 Å². The van der Waals surface area contributed by atoms with Crippen molar-refractivity contribution in [2.24, 2.45) is 4.99 Å². The SMILES string of the molecule is COc1ccc(N2C(=O)/C(=C/c3cccs3)N=C2SC)cc1Cl. The van der Waals surface area contributed by atoms with Crippen LogP contribution in [0.25, 0.3) is 6.08 Å². The zero-order valence-corrected chi connectivity index (χ0v) is 14.8. The number of thiophene rings is 1. The molecule has 0 radical (unpaired) electrons. The molecular weight excluding hydrogens is 352 g/mol. The van der Waals surface area contributed by atoms with E-state index in [0.717, 1.165) is 4.88 Å². The van der Waals surface area contributed by atoms with Crippen molar-refractivity contribution in [3.05, 3.63) is 51.3 Å². The summed E-state index contributed by atoms with van der Waals surface area (Å²) >= 11 is 9.15. The van der Waals surface area contributed by atoms with Crippen molar-refractivity contribution in [1.82, 2.24) is 0 Å². The number of methoxy groups -OCH3 is 1. The molecule has 1 amide bonds. The number of amidine groups is 1. The Morgan fingerprint density at radius 2 is 2.22 bits per heavy atom. The van der Waals surface area contributed by atoms with Crippen molar-refractivity contribution in [1.29, 1.82) is 0 Å². The van der Waals surface area contributed by atoms with Crippen LogP contribution in [0.2, 0.25) is 5.02 Å². The molecule has 0 N–H and O–H groups in total. The average molecular weight is 365 g/mol. The number of carbonyl (C=O) groups is 1. The molecule has 0 fully saturated rings. The average Bonchev–Trinajstić information content (AvgIpc) is 3.16. The highest BCUT2D eigenvalue weighted by molar-refractivity contribution is 8.13. The van der Waals surface area contributed by atoms with Gasteiger partial charge in [-0.2, -0.15) is 0 Å². The third kappa shape index (κ3) is 3.15. The number of ether oxygens (including phenoxy) is 1. The highest BCUT2D eigenvalue weighted by atomic mass is 35.5. The molecule has 1 aliphatic heterocycles. The molecule has 0 atom stereocenters. The Morgan fingerprint density at radius 3 is 2.83 bits per heavy atom. The van der Waals surface area contributed by atoms with Gasteiger partial charge in [-0.05, 0) is 42.0 Å². The first-order valence-corrected chi connectivity index (χ1v) is 9.18. The molecule has 1 aliphatic rings. The first-order chi connectivity index (χ1) is 11.1. The first-order valence-electron chi connectivity index (χ1n) is 6.70. The maximum Gasteiger partial charge on any atom is 0.283 e. The first kappa shape index (κ1) is 16.1. The molecular formula is C16H13ClN2O2S2. The summed E-state index contributed by atoms with van der Waals surface area (Å²) in [6, 6.07) is 9.13. The topological polar surface area (TPSA) is 41.9 Å². The molecule has 1 aromatic carbocycles. The second-order valence-electron chi connectivity index (χ2n) is 4.60. The lowest BCUT2D eigenvalue weighted by atomic mass is 10.2. The predicted molar refractivity (Wildman–Crippen MR) is 98.7 cm³/mol. The van der Waals surface area contributed by atoms with Crippen LogP contribution in [-0.2, 0) is 4.79 Å². The quantitative estimate of drug-likeness (QED) is 0.752. The second kappa shape index (κ2) is 6.78. The third-order valence-electron chi connectivity index (χ3n) is 3.23. The lowest BCUT2D eigenvalue weighted by molar-refractivity contribution is -0.113. The maximum atomic E-state index is 12.7. The van der Waals surface area contributed by atoms with Crippen LogP contribution in [0.5, 0.6) is 5.75 Å². The van der Waals surface area contributed by atoms with Crippen LogP contribution in [0.4, 0.5) is 5.69 Å². The third-order valence-corrected chi connectivity index (χ3v) is 4.98. The van der Waals surface area contributed by atoms with Gasteiger partial charge in [-0.15, -0.1) is 11.3 Å². The normalized spacial score (nSPS) is 16.1. The van der Waals surface area contributed by atoms with E-state index in [2.05, 4.69) is 4.99 Å². The molecule has 0 spiro atoms. The lowest BCUT2D eigenvalue weighted by Crippen LogP contribution is -2.30. The Balaban J connectivity index is 1.98. The summed E-state index contributed by atoms with van der Waals surface area (Å²) in [5.74, 6) is 0.406.